The number of nitrogens with zero attached hydrogens (tertiary/aromatic N) is 2. The molecule has 5 nitrogen and oxygen atoms in total. The zero-order chi connectivity index (χ0) is 15.1. The number of amides is 1. The molecule has 1 aromatic carbocycles. The Bertz CT molecular complexity index is 645. The molecule has 0 atom stereocenters. The van der Waals surface area contributed by atoms with Gasteiger partial charge in [0, 0.05) is 11.2 Å². The molecule has 0 bridgehead atoms. The van der Waals surface area contributed by atoms with E-state index in [-0.39, 0.29) is 12.5 Å². The van der Waals surface area contributed by atoms with E-state index in [1.54, 1.807) is 36.5 Å². The zero-order valence-electron chi connectivity index (χ0n) is 11.4. The lowest BCUT2D eigenvalue weighted by Gasteiger charge is -2.08. The van der Waals surface area contributed by atoms with Crippen LogP contribution in [-0.2, 0) is 4.79 Å². The van der Waals surface area contributed by atoms with E-state index in [2.05, 4.69) is 15.5 Å². The Morgan fingerprint density at radius 2 is 2.29 bits per heavy atom. The van der Waals surface area contributed by atoms with Gasteiger partial charge in [0.05, 0.1) is 11.9 Å². The van der Waals surface area contributed by atoms with Crippen molar-refractivity contribution in [3.63, 3.8) is 0 Å². The summed E-state index contributed by atoms with van der Waals surface area (Å²) in [6, 6.07) is 10.6. The topological polar surface area (TPSA) is 63.6 Å². The lowest BCUT2D eigenvalue weighted by molar-refractivity contribution is -0.123. The second-order valence-corrected chi connectivity index (χ2v) is 4.68. The molecule has 108 valence electrons. The number of pyridine rings is 1. The summed E-state index contributed by atoms with van der Waals surface area (Å²) in [5.41, 5.74) is 3.90. The number of carbonyl (C=O) groups excluding carboxylic acids is 1. The van der Waals surface area contributed by atoms with E-state index >= 15 is 0 Å². The summed E-state index contributed by atoms with van der Waals surface area (Å²) in [7, 11) is 0. The fraction of sp³-hybridized carbons (Fsp3) is 0.133. The first kappa shape index (κ1) is 15.0. The van der Waals surface area contributed by atoms with Crippen molar-refractivity contribution in [2.24, 2.45) is 5.10 Å². The Labute approximate surface area is 127 Å². The van der Waals surface area contributed by atoms with Crippen molar-refractivity contribution in [1.82, 2.24) is 10.4 Å². The fourth-order valence-electron chi connectivity index (χ4n) is 1.57. The van der Waals surface area contributed by atoms with E-state index in [9.17, 15) is 4.79 Å². The largest absolute Gasteiger partial charge is 0.483 e. The lowest BCUT2D eigenvalue weighted by atomic mass is 10.2. The minimum atomic E-state index is -0.350. The molecular weight excluding hydrogens is 290 g/mol. The third-order valence-electron chi connectivity index (χ3n) is 2.57. The second kappa shape index (κ2) is 7.40. The van der Waals surface area contributed by atoms with Gasteiger partial charge in [0.25, 0.3) is 5.91 Å². The van der Waals surface area contributed by atoms with E-state index in [4.69, 9.17) is 16.3 Å². The van der Waals surface area contributed by atoms with Crippen molar-refractivity contribution in [3.8, 4) is 5.75 Å². The highest BCUT2D eigenvalue weighted by Gasteiger charge is 2.04. The van der Waals surface area contributed by atoms with Crippen molar-refractivity contribution < 1.29 is 9.53 Å². The van der Waals surface area contributed by atoms with Gasteiger partial charge in [0.2, 0.25) is 0 Å². The van der Waals surface area contributed by atoms with Crippen molar-refractivity contribution in [2.75, 3.05) is 6.61 Å². The van der Waals surface area contributed by atoms with Crippen molar-refractivity contribution >= 4 is 23.7 Å². The molecule has 0 unspecified atom stereocenters. The van der Waals surface area contributed by atoms with Crippen molar-refractivity contribution in [3.05, 3.63) is 58.9 Å². The summed E-state index contributed by atoms with van der Waals surface area (Å²) in [6.45, 7) is 1.74. The Balaban J connectivity index is 1.81. The maximum atomic E-state index is 11.6. The van der Waals surface area contributed by atoms with Gasteiger partial charge >= 0.3 is 0 Å². The summed E-state index contributed by atoms with van der Waals surface area (Å²) in [6.07, 6.45) is 3.11. The molecule has 0 aliphatic heterocycles. The molecule has 21 heavy (non-hydrogen) atoms. The third kappa shape index (κ3) is 4.89. The first-order chi connectivity index (χ1) is 10.1. The van der Waals surface area contributed by atoms with Crippen LogP contribution in [0.5, 0.6) is 5.75 Å². The maximum absolute atomic E-state index is 11.6. The predicted octanol–water partition coefficient (Wildman–Crippen LogP) is 2.57. The number of halogens is 1. The Kier molecular flexibility index (Phi) is 5.29. The van der Waals surface area contributed by atoms with E-state index < -0.39 is 0 Å². The van der Waals surface area contributed by atoms with Crippen molar-refractivity contribution in [2.45, 2.75) is 6.92 Å². The van der Waals surface area contributed by atoms with E-state index in [1.165, 1.54) is 6.21 Å². The smallest absolute Gasteiger partial charge is 0.277 e. The lowest BCUT2D eigenvalue weighted by Crippen LogP contribution is -2.24. The SMILES string of the molecule is Cc1cc(Cl)ccc1OCC(=O)N/N=C\c1ccccn1. The average Bonchev–Trinajstić information content (AvgIpc) is 2.47. The van der Waals surface area contributed by atoms with E-state index in [1.807, 2.05) is 13.0 Å². The minimum absolute atomic E-state index is 0.123. The van der Waals surface area contributed by atoms with Crippen LogP contribution < -0.4 is 10.2 Å². The van der Waals surface area contributed by atoms with E-state index in [0.29, 0.717) is 16.5 Å². The number of nitrogens with one attached hydrogen (secondary N) is 1. The third-order valence-corrected chi connectivity index (χ3v) is 2.80. The maximum Gasteiger partial charge on any atom is 0.277 e. The van der Waals surface area contributed by atoms with E-state index in [0.717, 1.165) is 5.56 Å². The summed E-state index contributed by atoms with van der Waals surface area (Å²) in [4.78, 5) is 15.6. The average molecular weight is 304 g/mol. The molecule has 0 saturated heterocycles. The molecule has 1 heterocycles. The molecule has 0 aliphatic rings. The van der Waals surface area contributed by atoms with Crippen LogP contribution in [0.1, 0.15) is 11.3 Å². The normalized spacial score (nSPS) is 10.6. The Hall–Kier alpha value is -2.40. The molecule has 6 heteroatoms. The molecule has 2 aromatic rings. The highest BCUT2D eigenvalue weighted by atomic mass is 35.5. The van der Waals surface area contributed by atoms with Crippen LogP contribution in [0.15, 0.2) is 47.7 Å². The number of carbonyl (C=O) groups is 1. The number of hydrogen-bond donors (Lipinski definition) is 1. The van der Waals surface area contributed by atoms with Gasteiger partial charge < -0.3 is 4.74 Å². The zero-order valence-corrected chi connectivity index (χ0v) is 12.2. The van der Waals surface area contributed by atoms with Crippen LogP contribution in [0.25, 0.3) is 0 Å². The van der Waals surface area contributed by atoms with Crippen molar-refractivity contribution in [1.29, 1.82) is 0 Å². The first-order valence-corrected chi connectivity index (χ1v) is 6.65. The number of hydrazone groups is 1. The Morgan fingerprint density at radius 3 is 3.00 bits per heavy atom. The van der Waals surface area contributed by atoms with Gasteiger partial charge in [-0.15, -0.1) is 0 Å². The molecule has 2 rings (SSSR count). The molecular formula is C15H14ClN3O2. The quantitative estimate of drug-likeness (QED) is 0.682. The highest BCUT2D eigenvalue weighted by Crippen LogP contribution is 2.21. The minimum Gasteiger partial charge on any atom is -0.483 e. The van der Waals surface area contributed by atoms with Gasteiger partial charge in [-0.3, -0.25) is 9.78 Å². The van der Waals surface area contributed by atoms with Gasteiger partial charge in [0.1, 0.15) is 5.75 Å². The molecule has 0 fully saturated rings. The summed E-state index contributed by atoms with van der Waals surface area (Å²) in [5, 5.41) is 4.43. The summed E-state index contributed by atoms with van der Waals surface area (Å²) in [5.74, 6) is 0.264. The summed E-state index contributed by atoms with van der Waals surface area (Å²) < 4.78 is 5.40. The number of hydrogen-bond acceptors (Lipinski definition) is 4. The molecule has 0 aliphatic carbocycles. The van der Waals surface area contributed by atoms with Crippen LogP contribution in [0.3, 0.4) is 0 Å². The molecule has 1 aromatic heterocycles. The van der Waals surface area contributed by atoms with Crippen LogP contribution in [0.4, 0.5) is 0 Å². The van der Waals surface area contributed by atoms with Gasteiger partial charge in [-0.05, 0) is 42.8 Å². The molecule has 0 spiro atoms. The molecule has 0 saturated carbocycles. The summed E-state index contributed by atoms with van der Waals surface area (Å²) >= 11 is 5.85. The second-order valence-electron chi connectivity index (χ2n) is 4.25. The van der Waals surface area contributed by atoms with Crippen LogP contribution >= 0.6 is 11.6 Å². The highest BCUT2D eigenvalue weighted by molar-refractivity contribution is 6.30. The van der Waals surface area contributed by atoms with Gasteiger partial charge in [-0.2, -0.15) is 5.10 Å². The molecule has 1 amide bonds. The standard InChI is InChI=1S/C15H14ClN3O2/c1-11-8-12(16)5-6-14(11)21-10-15(20)19-18-9-13-4-2-3-7-17-13/h2-9H,10H2,1H3,(H,19,20)/b18-9-. The van der Waals surface area contributed by atoms with Crippen LogP contribution in [0, 0.1) is 6.92 Å². The van der Waals surface area contributed by atoms with Gasteiger partial charge in [-0.1, -0.05) is 17.7 Å². The molecule has 1 N–H and O–H groups in total. The van der Waals surface area contributed by atoms with Gasteiger partial charge in [-0.25, -0.2) is 5.43 Å². The monoisotopic (exact) mass is 303 g/mol. The van der Waals surface area contributed by atoms with Crippen LogP contribution in [-0.4, -0.2) is 23.7 Å². The Morgan fingerprint density at radius 1 is 1.43 bits per heavy atom. The molecule has 0 radical (unpaired) electrons. The van der Waals surface area contributed by atoms with Gasteiger partial charge in [0.15, 0.2) is 6.61 Å². The predicted molar refractivity (Wildman–Crippen MR) is 81.7 cm³/mol. The first-order valence-electron chi connectivity index (χ1n) is 6.27. The number of ether oxygens (including phenoxy) is 1. The number of aromatic nitrogens is 1. The number of aryl methyl sites for hydroxylation is 1. The fourth-order valence-corrected chi connectivity index (χ4v) is 1.80. The number of rotatable bonds is 5. The number of benzene rings is 1. The van der Waals surface area contributed by atoms with Crippen LogP contribution in [0.2, 0.25) is 5.02 Å².